The molecule has 2 aromatic rings. The van der Waals surface area contributed by atoms with Gasteiger partial charge in [0.2, 0.25) is 0 Å². The Kier molecular flexibility index (Phi) is 6.48. The molecule has 0 saturated carbocycles. The molecule has 5 nitrogen and oxygen atoms in total. The molecule has 1 heterocycles. The first-order valence-electron chi connectivity index (χ1n) is 9.42. The fourth-order valence-corrected chi connectivity index (χ4v) is 3.15. The lowest BCUT2D eigenvalue weighted by Gasteiger charge is -2.40. The summed E-state index contributed by atoms with van der Waals surface area (Å²) in [4.78, 5) is 14.9. The second-order valence-electron chi connectivity index (χ2n) is 7.40. The molecule has 144 valence electrons. The first-order valence-corrected chi connectivity index (χ1v) is 9.42. The maximum atomic E-state index is 12.6. The maximum Gasteiger partial charge on any atom is 0.251 e. The van der Waals surface area contributed by atoms with Crippen molar-refractivity contribution in [1.29, 1.82) is 0 Å². The third kappa shape index (κ3) is 5.55. The lowest BCUT2D eigenvalue weighted by atomic mass is 10.0. The van der Waals surface area contributed by atoms with Gasteiger partial charge in [-0.2, -0.15) is 0 Å². The molecule has 27 heavy (non-hydrogen) atoms. The van der Waals surface area contributed by atoms with Crippen LogP contribution in [0, 0.1) is 0 Å². The predicted octanol–water partition coefficient (Wildman–Crippen LogP) is 3.11. The van der Waals surface area contributed by atoms with Gasteiger partial charge < -0.3 is 14.8 Å². The van der Waals surface area contributed by atoms with Gasteiger partial charge in [0.15, 0.2) is 0 Å². The topological polar surface area (TPSA) is 50.8 Å². The van der Waals surface area contributed by atoms with Gasteiger partial charge in [0.25, 0.3) is 5.91 Å². The van der Waals surface area contributed by atoms with Crippen LogP contribution in [0.1, 0.15) is 29.8 Å². The van der Waals surface area contributed by atoms with E-state index in [9.17, 15) is 4.79 Å². The zero-order chi connectivity index (χ0) is 19.1. The highest BCUT2D eigenvalue weighted by Crippen LogP contribution is 2.17. The van der Waals surface area contributed by atoms with E-state index >= 15 is 0 Å². The third-order valence-electron chi connectivity index (χ3n) is 4.89. The van der Waals surface area contributed by atoms with Crippen molar-refractivity contribution in [3.63, 3.8) is 0 Å². The van der Waals surface area contributed by atoms with Gasteiger partial charge in [-0.1, -0.05) is 36.4 Å². The van der Waals surface area contributed by atoms with Crippen LogP contribution in [0.3, 0.4) is 0 Å². The molecule has 1 amide bonds. The number of carbonyl (C=O) groups is 1. The molecule has 0 atom stereocenters. The zero-order valence-electron chi connectivity index (χ0n) is 16.1. The Morgan fingerprint density at radius 3 is 2.59 bits per heavy atom. The average Bonchev–Trinajstić information content (AvgIpc) is 2.72. The Hall–Kier alpha value is -2.37. The second-order valence-corrected chi connectivity index (χ2v) is 7.40. The summed E-state index contributed by atoms with van der Waals surface area (Å²) in [7, 11) is 0. The lowest BCUT2D eigenvalue weighted by molar-refractivity contribution is -0.00923. The molecule has 3 rings (SSSR count). The number of amides is 1. The number of hydrogen-bond donors (Lipinski definition) is 1. The summed E-state index contributed by atoms with van der Waals surface area (Å²) in [6, 6.07) is 17.3. The number of benzene rings is 2. The summed E-state index contributed by atoms with van der Waals surface area (Å²) < 4.78 is 11.2. The fourth-order valence-electron chi connectivity index (χ4n) is 3.15. The van der Waals surface area contributed by atoms with E-state index in [0.717, 1.165) is 31.9 Å². The number of hydrogen-bond acceptors (Lipinski definition) is 4. The van der Waals surface area contributed by atoms with Crippen LogP contribution in [0.4, 0.5) is 0 Å². The van der Waals surface area contributed by atoms with Crippen molar-refractivity contribution < 1.29 is 14.3 Å². The zero-order valence-corrected chi connectivity index (χ0v) is 16.1. The second kappa shape index (κ2) is 9.02. The molecule has 1 aliphatic heterocycles. The molecule has 0 aliphatic carbocycles. The highest BCUT2D eigenvalue weighted by atomic mass is 16.5. The van der Waals surface area contributed by atoms with Crippen molar-refractivity contribution in [2.75, 3.05) is 32.8 Å². The number of ether oxygens (including phenoxy) is 2. The highest BCUT2D eigenvalue weighted by molar-refractivity contribution is 5.94. The molecule has 5 heteroatoms. The minimum absolute atomic E-state index is 0.0819. The van der Waals surface area contributed by atoms with Crippen molar-refractivity contribution in [1.82, 2.24) is 10.2 Å². The average molecular weight is 368 g/mol. The Balaban J connectivity index is 1.55. The Bertz CT molecular complexity index is 740. The van der Waals surface area contributed by atoms with E-state index in [0.29, 0.717) is 24.5 Å². The van der Waals surface area contributed by atoms with Gasteiger partial charge in [0.1, 0.15) is 12.4 Å². The van der Waals surface area contributed by atoms with Gasteiger partial charge in [0.05, 0.1) is 13.2 Å². The quantitative estimate of drug-likeness (QED) is 0.816. The smallest absolute Gasteiger partial charge is 0.251 e. The number of morpholine rings is 1. The van der Waals surface area contributed by atoms with Gasteiger partial charge in [-0.15, -0.1) is 0 Å². The third-order valence-corrected chi connectivity index (χ3v) is 4.89. The van der Waals surface area contributed by atoms with Gasteiger partial charge in [-0.3, -0.25) is 9.69 Å². The summed E-state index contributed by atoms with van der Waals surface area (Å²) in [6.45, 7) is 8.65. The van der Waals surface area contributed by atoms with E-state index in [4.69, 9.17) is 9.47 Å². The molecule has 1 saturated heterocycles. The van der Waals surface area contributed by atoms with Crippen molar-refractivity contribution in [3.05, 3.63) is 65.7 Å². The van der Waals surface area contributed by atoms with Crippen LogP contribution in [-0.4, -0.2) is 49.2 Å². The predicted molar refractivity (Wildman–Crippen MR) is 106 cm³/mol. The Labute approximate surface area is 161 Å². The molecule has 1 fully saturated rings. The SMILES string of the molecule is CC(C)(CNC(=O)c1cccc(OCc2ccccc2)c1)N1CCOCC1. The minimum atomic E-state index is -0.110. The van der Waals surface area contributed by atoms with E-state index in [-0.39, 0.29) is 11.4 Å². The number of nitrogens with one attached hydrogen (secondary N) is 1. The van der Waals surface area contributed by atoms with Crippen LogP contribution in [0.2, 0.25) is 0 Å². The van der Waals surface area contributed by atoms with Gasteiger partial charge in [-0.05, 0) is 37.6 Å². The van der Waals surface area contributed by atoms with Crippen LogP contribution in [0.5, 0.6) is 5.75 Å². The van der Waals surface area contributed by atoms with Crippen LogP contribution < -0.4 is 10.1 Å². The molecule has 0 bridgehead atoms. The summed E-state index contributed by atoms with van der Waals surface area (Å²) in [5, 5.41) is 3.06. The standard InChI is InChI=1S/C22H28N2O3/c1-22(2,24-11-13-26-14-12-24)17-23-21(25)19-9-6-10-20(15-19)27-16-18-7-4-3-5-8-18/h3-10,15H,11-14,16-17H2,1-2H3,(H,23,25). The van der Waals surface area contributed by atoms with E-state index in [1.165, 1.54) is 0 Å². The largest absolute Gasteiger partial charge is 0.489 e. The van der Waals surface area contributed by atoms with E-state index < -0.39 is 0 Å². The van der Waals surface area contributed by atoms with Crippen molar-refractivity contribution >= 4 is 5.91 Å². The summed E-state index contributed by atoms with van der Waals surface area (Å²) in [5.41, 5.74) is 1.60. The fraction of sp³-hybridized carbons (Fsp3) is 0.409. The molecular weight excluding hydrogens is 340 g/mol. The lowest BCUT2D eigenvalue weighted by Crippen LogP contribution is -2.55. The summed E-state index contributed by atoms with van der Waals surface area (Å²) in [5.74, 6) is 0.612. The highest BCUT2D eigenvalue weighted by Gasteiger charge is 2.28. The minimum Gasteiger partial charge on any atom is -0.489 e. The van der Waals surface area contributed by atoms with Gasteiger partial charge in [0, 0.05) is 30.7 Å². The normalized spacial score (nSPS) is 15.3. The van der Waals surface area contributed by atoms with Gasteiger partial charge >= 0.3 is 0 Å². The Morgan fingerprint density at radius 2 is 1.85 bits per heavy atom. The van der Waals surface area contributed by atoms with Crippen molar-refractivity contribution in [2.24, 2.45) is 0 Å². The van der Waals surface area contributed by atoms with Crippen LogP contribution in [0.15, 0.2) is 54.6 Å². The van der Waals surface area contributed by atoms with E-state index in [1.54, 1.807) is 6.07 Å². The molecule has 1 aliphatic rings. The number of nitrogens with zero attached hydrogens (tertiary/aromatic N) is 1. The van der Waals surface area contributed by atoms with Crippen molar-refractivity contribution in [2.45, 2.75) is 26.0 Å². The van der Waals surface area contributed by atoms with Crippen LogP contribution in [0.25, 0.3) is 0 Å². The van der Waals surface area contributed by atoms with Crippen molar-refractivity contribution in [3.8, 4) is 5.75 Å². The van der Waals surface area contributed by atoms with Crippen LogP contribution in [-0.2, 0) is 11.3 Å². The molecule has 2 aromatic carbocycles. The summed E-state index contributed by atoms with van der Waals surface area (Å²) >= 11 is 0. The first kappa shape index (κ1) is 19.4. The summed E-state index contributed by atoms with van der Waals surface area (Å²) in [6.07, 6.45) is 0. The van der Waals surface area contributed by atoms with E-state index in [1.807, 2.05) is 48.5 Å². The first-order chi connectivity index (χ1) is 13.0. The molecular formula is C22H28N2O3. The van der Waals surface area contributed by atoms with Crippen LogP contribution >= 0.6 is 0 Å². The monoisotopic (exact) mass is 368 g/mol. The van der Waals surface area contributed by atoms with E-state index in [2.05, 4.69) is 24.1 Å². The molecule has 1 N–H and O–H groups in total. The molecule has 0 unspecified atom stereocenters. The maximum absolute atomic E-state index is 12.6. The molecule has 0 spiro atoms. The molecule has 0 radical (unpaired) electrons. The van der Waals surface area contributed by atoms with Gasteiger partial charge in [-0.25, -0.2) is 0 Å². The Morgan fingerprint density at radius 1 is 1.11 bits per heavy atom. The number of carbonyl (C=O) groups excluding carboxylic acids is 1. The number of rotatable bonds is 7. The molecule has 0 aromatic heterocycles.